The second-order valence-corrected chi connectivity index (χ2v) is 3.94. The number of rotatable bonds is 1. The van der Waals surface area contributed by atoms with Crippen molar-refractivity contribution < 1.29 is 13.2 Å². The topological polar surface area (TPSA) is 16.1 Å². The third kappa shape index (κ3) is 2.46. The molecule has 0 saturated carbocycles. The van der Waals surface area contributed by atoms with Crippen molar-refractivity contribution in [1.82, 2.24) is 4.98 Å². The van der Waals surface area contributed by atoms with Gasteiger partial charge < -0.3 is 4.90 Å². The SMILES string of the molecule is FC(F)(F)c1cc(N2CCCCC2)ccn1. The minimum atomic E-state index is -4.36. The second kappa shape index (κ2) is 4.31. The average molecular weight is 230 g/mol. The Morgan fingerprint density at radius 2 is 1.81 bits per heavy atom. The predicted octanol–water partition coefficient (Wildman–Crippen LogP) is 3.09. The Balaban J connectivity index is 2.21. The first-order valence-corrected chi connectivity index (χ1v) is 5.35. The van der Waals surface area contributed by atoms with Crippen LogP contribution in [0.2, 0.25) is 0 Å². The molecule has 16 heavy (non-hydrogen) atoms. The van der Waals surface area contributed by atoms with E-state index in [1.807, 2.05) is 4.90 Å². The Labute approximate surface area is 92.1 Å². The summed E-state index contributed by atoms with van der Waals surface area (Å²) in [6.45, 7) is 1.67. The van der Waals surface area contributed by atoms with E-state index in [1.54, 1.807) is 6.07 Å². The quantitative estimate of drug-likeness (QED) is 0.737. The molecule has 5 heteroatoms. The van der Waals surface area contributed by atoms with Gasteiger partial charge in [-0.05, 0) is 31.4 Å². The fourth-order valence-electron chi connectivity index (χ4n) is 1.92. The van der Waals surface area contributed by atoms with Crippen molar-refractivity contribution in [1.29, 1.82) is 0 Å². The number of nitrogens with zero attached hydrogens (tertiary/aromatic N) is 2. The van der Waals surface area contributed by atoms with Gasteiger partial charge in [0.05, 0.1) is 0 Å². The summed E-state index contributed by atoms with van der Waals surface area (Å²) in [5.74, 6) is 0. The van der Waals surface area contributed by atoms with Crippen LogP contribution in [-0.2, 0) is 6.18 Å². The molecule has 1 aliphatic rings. The van der Waals surface area contributed by atoms with Crippen LogP contribution in [-0.4, -0.2) is 18.1 Å². The highest BCUT2D eigenvalue weighted by Gasteiger charge is 2.32. The summed E-state index contributed by atoms with van der Waals surface area (Å²) in [7, 11) is 0. The van der Waals surface area contributed by atoms with Crippen LogP contribution in [0.5, 0.6) is 0 Å². The Bertz CT molecular complexity index is 356. The summed E-state index contributed by atoms with van der Waals surface area (Å²) in [5, 5.41) is 0. The molecule has 0 N–H and O–H groups in total. The lowest BCUT2D eigenvalue weighted by Crippen LogP contribution is -2.29. The van der Waals surface area contributed by atoms with Gasteiger partial charge in [-0.1, -0.05) is 0 Å². The first-order valence-electron chi connectivity index (χ1n) is 5.35. The van der Waals surface area contributed by atoms with E-state index >= 15 is 0 Å². The summed E-state index contributed by atoms with van der Waals surface area (Å²) in [4.78, 5) is 5.34. The standard InChI is InChI=1S/C11H13F3N2/c12-11(13,14)10-8-9(4-5-15-10)16-6-2-1-3-7-16/h4-5,8H,1-3,6-7H2. The van der Waals surface area contributed by atoms with E-state index in [0.29, 0.717) is 5.69 Å². The molecule has 0 atom stereocenters. The van der Waals surface area contributed by atoms with E-state index in [1.165, 1.54) is 6.20 Å². The Morgan fingerprint density at radius 3 is 2.44 bits per heavy atom. The van der Waals surface area contributed by atoms with Crippen LogP contribution in [0.1, 0.15) is 25.0 Å². The van der Waals surface area contributed by atoms with Gasteiger partial charge in [-0.15, -0.1) is 0 Å². The summed E-state index contributed by atoms with van der Waals surface area (Å²) in [6, 6.07) is 2.77. The molecule has 2 nitrogen and oxygen atoms in total. The second-order valence-electron chi connectivity index (χ2n) is 3.94. The van der Waals surface area contributed by atoms with Gasteiger partial charge >= 0.3 is 6.18 Å². The maximum atomic E-state index is 12.5. The highest BCUT2D eigenvalue weighted by atomic mass is 19.4. The minimum Gasteiger partial charge on any atom is -0.371 e. The van der Waals surface area contributed by atoms with Crippen molar-refractivity contribution in [3.8, 4) is 0 Å². The number of alkyl halides is 3. The lowest BCUT2D eigenvalue weighted by atomic mass is 10.1. The number of hydrogen-bond acceptors (Lipinski definition) is 2. The number of anilines is 1. The molecule has 0 aliphatic carbocycles. The van der Waals surface area contributed by atoms with Crippen molar-refractivity contribution in [2.75, 3.05) is 18.0 Å². The van der Waals surface area contributed by atoms with E-state index in [0.717, 1.165) is 38.4 Å². The molecule has 1 fully saturated rings. The van der Waals surface area contributed by atoms with Gasteiger partial charge in [0.2, 0.25) is 0 Å². The summed E-state index contributed by atoms with van der Waals surface area (Å²) >= 11 is 0. The summed E-state index contributed by atoms with van der Waals surface area (Å²) in [5.41, 5.74) is -0.183. The van der Waals surface area contributed by atoms with Gasteiger partial charge in [0, 0.05) is 25.0 Å². The molecule has 1 aromatic rings. The molecule has 0 unspecified atom stereocenters. The molecule has 1 saturated heterocycles. The van der Waals surface area contributed by atoms with Crippen LogP contribution in [0.3, 0.4) is 0 Å². The summed E-state index contributed by atoms with van der Waals surface area (Å²) in [6.07, 6.45) is 0.125. The zero-order chi connectivity index (χ0) is 11.6. The Kier molecular flexibility index (Phi) is 3.03. The van der Waals surface area contributed by atoms with E-state index < -0.39 is 11.9 Å². The van der Waals surface area contributed by atoms with Gasteiger partial charge in [0.25, 0.3) is 0 Å². The molecule has 1 aliphatic heterocycles. The molecule has 2 heterocycles. The first-order chi connectivity index (χ1) is 7.57. The first kappa shape index (κ1) is 11.2. The van der Waals surface area contributed by atoms with Crippen LogP contribution >= 0.6 is 0 Å². The van der Waals surface area contributed by atoms with Gasteiger partial charge in [0.1, 0.15) is 5.69 Å². The number of piperidine rings is 1. The molecular weight excluding hydrogens is 217 g/mol. The van der Waals surface area contributed by atoms with Gasteiger partial charge in [-0.3, -0.25) is 4.98 Å². The van der Waals surface area contributed by atoms with E-state index in [9.17, 15) is 13.2 Å². The highest BCUT2D eigenvalue weighted by Crippen LogP contribution is 2.30. The number of hydrogen-bond donors (Lipinski definition) is 0. The minimum absolute atomic E-state index is 0.627. The normalized spacial score (nSPS) is 17.6. The van der Waals surface area contributed by atoms with Crippen molar-refractivity contribution in [2.45, 2.75) is 25.4 Å². The van der Waals surface area contributed by atoms with Crippen LogP contribution < -0.4 is 4.90 Å². The van der Waals surface area contributed by atoms with Crippen LogP contribution in [0.4, 0.5) is 18.9 Å². The zero-order valence-corrected chi connectivity index (χ0v) is 8.80. The highest BCUT2D eigenvalue weighted by molar-refractivity contribution is 5.47. The Hall–Kier alpha value is -1.26. The number of halogens is 3. The van der Waals surface area contributed by atoms with Crippen molar-refractivity contribution >= 4 is 5.69 Å². The molecular formula is C11H13F3N2. The molecule has 0 bridgehead atoms. The average Bonchev–Trinajstić information content (AvgIpc) is 2.29. The molecule has 2 rings (SSSR count). The van der Waals surface area contributed by atoms with Crippen molar-refractivity contribution in [3.63, 3.8) is 0 Å². The van der Waals surface area contributed by atoms with E-state index in [-0.39, 0.29) is 0 Å². The third-order valence-electron chi connectivity index (χ3n) is 2.76. The molecule has 88 valence electrons. The molecule has 0 spiro atoms. The molecule has 0 aromatic carbocycles. The molecule has 1 aromatic heterocycles. The fraction of sp³-hybridized carbons (Fsp3) is 0.545. The maximum Gasteiger partial charge on any atom is 0.433 e. The predicted molar refractivity (Wildman–Crippen MR) is 55.3 cm³/mol. The lowest BCUT2D eigenvalue weighted by Gasteiger charge is -2.29. The fourth-order valence-corrected chi connectivity index (χ4v) is 1.92. The van der Waals surface area contributed by atoms with E-state index in [4.69, 9.17) is 0 Å². The van der Waals surface area contributed by atoms with Crippen molar-refractivity contribution in [3.05, 3.63) is 24.0 Å². The van der Waals surface area contributed by atoms with E-state index in [2.05, 4.69) is 4.98 Å². The smallest absolute Gasteiger partial charge is 0.371 e. The third-order valence-corrected chi connectivity index (χ3v) is 2.76. The summed E-state index contributed by atoms with van der Waals surface area (Å²) < 4.78 is 37.4. The van der Waals surface area contributed by atoms with Gasteiger partial charge in [-0.2, -0.15) is 13.2 Å². The van der Waals surface area contributed by atoms with Gasteiger partial charge in [0.15, 0.2) is 0 Å². The van der Waals surface area contributed by atoms with Crippen LogP contribution in [0, 0.1) is 0 Å². The maximum absolute atomic E-state index is 12.5. The van der Waals surface area contributed by atoms with Crippen LogP contribution in [0.15, 0.2) is 18.3 Å². The lowest BCUT2D eigenvalue weighted by molar-refractivity contribution is -0.141. The monoisotopic (exact) mass is 230 g/mol. The zero-order valence-electron chi connectivity index (χ0n) is 8.80. The molecule has 0 amide bonds. The number of aromatic nitrogens is 1. The largest absolute Gasteiger partial charge is 0.433 e. The van der Waals surface area contributed by atoms with Crippen LogP contribution in [0.25, 0.3) is 0 Å². The van der Waals surface area contributed by atoms with Crippen molar-refractivity contribution in [2.24, 2.45) is 0 Å². The number of pyridine rings is 1. The Morgan fingerprint density at radius 1 is 1.12 bits per heavy atom. The molecule has 0 radical (unpaired) electrons. The van der Waals surface area contributed by atoms with Gasteiger partial charge in [-0.25, -0.2) is 0 Å².